The van der Waals surface area contributed by atoms with E-state index in [-0.39, 0.29) is 42.0 Å². The summed E-state index contributed by atoms with van der Waals surface area (Å²) in [5, 5.41) is 2.50. The van der Waals surface area contributed by atoms with Crippen molar-refractivity contribution in [2.75, 3.05) is 19.0 Å². The van der Waals surface area contributed by atoms with Gasteiger partial charge in [0.05, 0.1) is 19.3 Å². The second-order valence-electron chi connectivity index (χ2n) is 5.85. The van der Waals surface area contributed by atoms with Crippen molar-refractivity contribution in [3.63, 3.8) is 0 Å². The van der Waals surface area contributed by atoms with Crippen LogP contribution in [0.15, 0.2) is 36.5 Å². The summed E-state index contributed by atoms with van der Waals surface area (Å²) < 4.78 is 48.6. The van der Waals surface area contributed by atoms with E-state index in [1.165, 1.54) is 38.4 Å². The maximum absolute atomic E-state index is 12.7. The summed E-state index contributed by atoms with van der Waals surface area (Å²) in [6.07, 6.45) is -2.55. The largest absolute Gasteiger partial charge is 0.493 e. The van der Waals surface area contributed by atoms with E-state index in [4.69, 9.17) is 9.47 Å². The number of halogens is 3. The van der Waals surface area contributed by atoms with E-state index in [0.717, 1.165) is 12.1 Å². The van der Waals surface area contributed by atoms with Gasteiger partial charge in [-0.05, 0) is 36.8 Å². The number of carbonyl (C=O) groups is 2. The number of pyridine rings is 1. The van der Waals surface area contributed by atoms with Crippen molar-refractivity contribution in [3.05, 3.63) is 47.7 Å². The van der Waals surface area contributed by atoms with Gasteiger partial charge in [-0.2, -0.15) is 13.2 Å². The first-order valence-corrected chi connectivity index (χ1v) is 8.35. The van der Waals surface area contributed by atoms with Crippen molar-refractivity contribution in [2.45, 2.75) is 25.9 Å². The third-order valence-corrected chi connectivity index (χ3v) is 3.68. The highest BCUT2D eigenvalue weighted by molar-refractivity contribution is 5.97. The third-order valence-electron chi connectivity index (χ3n) is 3.68. The van der Waals surface area contributed by atoms with Gasteiger partial charge in [-0.15, -0.1) is 0 Å². The molecule has 1 N–H and O–H groups in total. The summed E-state index contributed by atoms with van der Waals surface area (Å²) in [7, 11) is 1.25. The molecule has 0 aliphatic carbocycles. The summed E-state index contributed by atoms with van der Waals surface area (Å²) in [6.45, 7) is 1.46. The molecule has 2 aromatic rings. The van der Waals surface area contributed by atoms with Crippen molar-refractivity contribution in [1.29, 1.82) is 0 Å². The van der Waals surface area contributed by atoms with Crippen LogP contribution in [-0.2, 0) is 11.0 Å². The molecular weight excluding hydrogens is 377 g/mol. The van der Waals surface area contributed by atoms with Crippen LogP contribution in [-0.4, -0.2) is 30.4 Å². The molecule has 150 valence electrons. The van der Waals surface area contributed by atoms with Crippen LogP contribution in [0.1, 0.15) is 35.7 Å². The van der Waals surface area contributed by atoms with Gasteiger partial charge >= 0.3 is 6.18 Å². The van der Waals surface area contributed by atoms with Crippen molar-refractivity contribution in [2.24, 2.45) is 0 Å². The summed E-state index contributed by atoms with van der Waals surface area (Å²) in [6, 6.07) is 5.97. The van der Waals surface area contributed by atoms with Gasteiger partial charge < -0.3 is 14.8 Å². The number of nitrogens with one attached hydrogen (secondary N) is 1. The number of alkyl halides is 3. The molecule has 0 saturated carbocycles. The molecule has 1 aromatic carbocycles. The number of ether oxygens (including phenoxy) is 2. The fourth-order valence-electron chi connectivity index (χ4n) is 2.38. The van der Waals surface area contributed by atoms with Gasteiger partial charge in [0.15, 0.2) is 17.3 Å². The lowest BCUT2D eigenvalue weighted by molar-refractivity contribution is -0.137. The zero-order chi connectivity index (χ0) is 20.7. The van der Waals surface area contributed by atoms with Crippen LogP contribution in [0.3, 0.4) is 0 Å². The Balaban J connectivity index is 1.90. The Morgan fingerprint density at radius 1 is 1.14 bits per heavy atom. The standard InChI is InChI=1S/C19H19F3N2O4/c1-12(25)24-18-10-13(7-8-23-18)15(26)4-3-9-28-16-6-5-14(19(20,21)22)11-17(16)27-2/h5-8,10-11H,3-4,9H2,1-2H3,(H,23,24,25). The molecule has 0 aliphatic rings. The number of amides is 1. The zero-order valence-corrected chi connectivity index (χ0v) is 15.3. The van der Waals surface area contributed by atoms with Crippen LogP contribution in [0, 0.1) is 0 Å². The summed E-state index contributed by atoms with van der Waals surface area (Å²) >= 11 is 0. The molecule has 0 saturated heterocycles. The molecule has 6 nitrogen and oxygen atoms in total. The molecule has 0 spiro atoms. The summed E-state index contributed by atoms with van der Waals surface area (Å²) in [5.41, 5.74) is -0.439. The van der Waals surface area contributed by atoms with Gasteiger partial charge in [0, 0.05) is 25.1 Å². The number of nitrogens with zero attached hydrogens (tertiary/aromatic N) is 1. The first-order valence-electron chi connectivity index (χ1n) is 8.35. The highest BCUT2D eigenvalue weighted by atomic mass is 19.4. The summed E-state index contributed by atoms with van der Waals surface area (Å²) in [4.78, 5) is 27.2. The molecule has 0 aliphatic heterocycles. The fourth-order valence-corrected chi connectivity index (χ4v) is 2.38. The van der Waals surface area contributed by atoms with E-state index in [2.05, 4.69) is 10.3 Å². The molecule has 0 atom stereocenters. The second-order valence-corrected chi connectivity index (χ2v) is 5.85. The van der Waals surface area contributed by atoms with Crippen molar-refractivity contribution in [1.82, 2.24) is 4.98 Å². The minimum Gasteiger partial charge on any atom is -0.493 e. The quantitative estimate of drug-likeness (QED) is 0.537. The number of hydrogen-bond acceptors (Lipinski definition) is 5. The van der Waals surface area contributed by atoms with Crippen molar-refractivity contribution >= 4 is 17.5 Å². The van der Waals surface area contributed by atoms with E-state index in [1.807, 2.05) is 0 Å². The molecule has 2 rings (SSSR count). The first-order chi connectivity index (χ1) is 13.2. The van der Waals surface area contributed by atoms with Gasteiger partial charge in [-0.1, -0.05) is 0 Å². The Morgan fingerprint density at radius 2 is 1.89 bits per heavy atom. The average Bonchev–Trinajstić information content (AvgIpc) is 2.64. The molecule has 1 amide bonds. The van der Waals surface area contributed by atoms with E-state index in [9.17, 15) is 22.8 Å². The zero-order valence-electron chi connectivity index (χ0n) is 15.3. The Kier molecular flexibility index (Phi) is 6.97. The third kappa shape index (κ3) is 5.97. The van der Waals surface area contributed by atoms with Gasteiger partial charge in [0.1, 0.15) is 5.82 Å². The minimum atomic E-state index is -4.47. The first kappa shape index (κ1) is 21.2. The molecule has 0 fully saturated rings. The molecule has 0 unspecified atom stereocenters. The van der Waals surface area contributed by atoms with Crippen LogP contribution in [0.2, 0.25) is 0 Å². The fraction of sp³-hybridized carbons (Fsp3) is 0.316. The lowest BCUT2D eigenvalue weighted by Crippen LogP contribution is -2.09. The predicted molar refractivity (Wildman–Crippen MR) is 95.6 cm³/mol. The highest BCUT2D eigenvalue weighted by Crippen LogP contribution is 2.36. The molecule has 1 aromatic heterocycles. The Hall–Kier alpha value is -3.10. The maximum Gasteiger partial charge on any atom is 0.416 e. The molecule has 0 radical (unpaired) electrons. The van der Waals surface area contributed by atoms with Crippen LogP contribution >= 0.6 is 0 Å². The van der Waals surface area contributed by atoms with Gasteiger partial charge in [-0.3, -0.25) is 9.59 Å². The molecule has 9 heteroatoms. The number of carbonyl (C=O) groups excluding carboxylic acids is 2. The van der Waals surface area contributed by atoms with E-state index in [1.54, 1.807) is 0 Å². The van der Waals surface area contributed by atoms with Gasteiger partial charge in [0.2, 0.25) is 5.91 Å². The Morgan fingerprint density at radius 3 is 2.54 bits per heavy atom. The van der Waals surface area contributed by atoms with Crippen molar-refractivity contribution in [3.8, 4) is 11.5 Å². The van der Waals surface area contributed by atoms with Gasteiger partial charge in [-0.25, -0.2) is 4.98 Å². The van der Waals surface area contributed by atoms with Crippen LogP contribution in [0.25, 0.3) is 0 Å². The number of methoxy groups -OCH3 is 1. The number of aromatic nitrogens is 1. The molecular formula is C19H19F3N2O4. The number of ketones is 1. The number of anilines is 1. The number of hydrogen-bond donors (Lipinski definition) is 1. The SMILES string of the molecule is COc1cc(C(F)(F)F)ccc1OCCCC(=O)c1ccnc(NC(C)=O)c1. The normalized spacial score (nSPS) is 11.0. The number of rotatable bonds is 8. The molecule has 0 bridgehead atoms. The van der Waals surface area contributed by atoms with E-state index >= 15 is 0 Å². The second kappa shape index (κ2) is 9.20. The molecule has 1 heterocycles. The lowest BCUT2D eigenvalue weighted by atomic mass is 10.1. The lowest BCUT2D eigenvalue weighted by Gasteiger charge is -2.13. The van der Waals surface area contributed by atoms with E-state index < -0.39 is 11.7 Å². The van der Waals surface area contributed by atoms with Crippen LogP contribution in [0.5, 0.6) is 11.5 Å². The highest BCUT2D eigenvalue weighted by Gasteiger charge is 2.31. The summed E-state index contributed by atoms with van der Waals surface area (Å²) in [5.74, 6) is -0.0490. The monoisotopic (exact) mass is 396 g/mol. The topological polar surface area (TPSA) is 77.5 Å². The Bertz CT molecular complexity index is 853. The predicted octanol–water partition coefficient (Wildman–Crippen LogP) is 4.11. The Labute approximate surface area is 159 Å². The van der Waals surface area contributed by atoms with Crippen molar-refractivity contribution < 1.29 is 32.2 Å². The van der Waals surface area contributed by atoms with Gasteiger partial charge in [0.25, 0.3) is 0 Å². The minimum absolute atomic E-state index is 0.0322. The van der Waals surface area contributed by atoms with Crippen LogP contribution in [0.4, 0.5) is 19.0 Å². The number of benzene rings is 1. The van der Waals surface area contributed by atoms with E-state index in [0.29, 0.717) is 12.0 Å². The molecule has 28 heavy (non-hydrogen) atoms. The maximum atomic E-state index is 12.7. The van der Waals surface area contributed by atoms with Crippen LogP contribution < -0.4 is 14.8 Å². The smallest absolute Gasteiger partial charge is 0.416 e. The average molecular weight is 396 g/mol. The number of Topliss-reactive ketones (excluding diaryl/α,β-unsaturated/α-hetero) is 1.